The highest BCUT2D eigenvalue weighted by Crippen LogP contribution is 2.26. The summed E-state index contributed by atoms with van der Waals surface area (Å²) in [5.74, 6) is 1.74. The van der Waals surface area contributed by atoms with Crippen molar-refractivity contribution in [2.75, 3.05) is 6.54 Å². The van der Waals surface area contributed by atoms with Gasteiger partial charge in [-0.15, -0.1) is 12.4 Å². The van der Waals surface area contributed by atoms with E-state index >= 15 is 0 Å². The number of furan rings is 1. The predicted molar refractivity (Wildman–Crippen MR) is 87.2 cm³/mol. The van der Waals surface area contributed by atoms with Crippen LogP contribution >= 0.6 is 28.3 Å². The highest BCUT2D eigenvalue weighted by molar-refractivity contribution is 9.10. The lowest BCUT2D eigenvalue weighted by molar-refractivity contribution is 0.190. The number of aliphatic hydroxyl groups is 1. The van der Waals surface area contributed by atoms with Crippen LogP contribution in [-0.2, 0) is 6.54 Å². The third kappa shape index (κ3) is 4.63. The number of hydrogen-bond acceptors (Lipinski definition) is 3. The predicted octanol–water partition coefficient (Wildman–Crippen LogP) is 3.91. The van der Waals surface area contributed by atoms with Gasteiger partial charge in [0.1, 0.15) is 11.5 Å². The molecule has 2 aromatic rings. The fourth-order valence-electron chi connectivity index (χ4n) is 1.83. The second-order valence-electron chi connectivity index (χ2n) is 4.71. The first-order valence-corrected chi connectivity index (χ1v) is 7.09. The van der Waals surface area contributed by atoms with Gasteiger partial charge < -0.3 is 14.8 Å². The molecule has 0 aliphatic carbocycles. The zero-order valence-corrected chi connectivity index (χ0v) is 13.9. The normalized spacial score (nSPS) is 12.0. The first-order chi connectivity index (χ1) is 9.06. The van der Waals surface area contributed by atoms with Crippen molar-refractivity contribution in [3.05, 3.63) is 46.1 Å². The minimum Gasteiger partial charge on any atom is -0.460 e. The first-order valence-electron chi connectivity index (χ1n) is 6.30. The lowest BCUT2D eigenvalue weighted by Gasteiger charge is -2.05. The van der Waals surface area contributed by atoms with Gasteiger partial charge in [-0.2, -0.15) is 0 Å². The van der Waals surface area contributed by atoms with E-state index < -0.39 is 0 Å². The van der Waals surface area contributed by atoms with Crippen LogP contribution in [0.4, 0.5) is 0 Å². The van der Waals surface area contributed by atoms with Gasteiger partial charge in [0.25, 0.3) is 0 Å². The van der Waals surface area contributed by atoms with Crippen LogP contribution in [0.3, 0.4) is 0 Å². The molecule has 0 aliphatic rings. The number of nitrogens with one attached hydrogen (secondary N) is 1. The molecule has 5 heteroatoms. The molecule has 1 unspecified atom stereocenters. The van der Waals surface area contributed by atoms with E-state index in [-0.39, 0.29) is 18.5 Å². The quantitative estimate of drug-likeness (QED) is 0.850. The molecular formula is C15H19BrClNO2. The SMILES string of the molecule is Cc1cc(-c2ccc(CNCC(C)O)o2)ccc1Br.Cl. The van der Waals surface area contributed by atoms with Crippen LogP contribution in [0.2, 0.25) is 0 Å². The Kier molecular flexibility index (Phi) is 6.76. The molecule has 110 valence electrons. The van der Waals surface area contributed by atoms with Crippen molar-refractivity contribution in [1.82, 2.24) is 5.32 Å². The Morgan fingerprint density at radius 2 is 2.05 bits per heavy atom. The summed E-state index contributed by atoms with van der Waals surface area (Å²) in [6.45, 7) is 5.00. The zero-order valence-electron chi connectivity index (χ0n) is 11.5. The third-order valence-electron chi connectivity index (χ3n) is 2.84. The smallest absolute Gasteiger partial charge is 0.134 e. The van der Waals surface area contributed by atoms with Crippen LogP contribution in [0.15, 0.2) is 39.2 Å². The van der Waals surface area contributed by atoms with Crippen molar-refractivity contribution >= 4 is 28.3 Å². The molecule has 1 aromatic heterocycles. The Hall–Kier alpha value is -0.810. The van der Waals surface area contributed by atoms with Crippen molar-refractivity contribution < 1.29 is 9.52 Å². The van der Waals surface area contributed by atoms with Crippen LogP contribution in [0, 0.1) is 6.92 Å². The molecule has 0 saturated heterocycles. The molecule has 2 rings (SSSR count). The minimum absolute atomic E-state index is 0. The van der Waals surface area contributed by atoms with Crippen LogP contribution in [-0.4, -0.2) is 17.8 Å². The largest absolute Gasteiger partial charge is 0.460 e. The third-order valence-corrected chi connectivity index (χ3v) is 3.73. The number of aryl methyl sites for hydroxylation is 1. The summed E-state index contributed by atoms with van der Waals surface area (Å²) in [5.41, 5.74) is 2.25. The van der Waals surface area contributed by atoms with Gasteiger partial charge in [0.2, 0.25) is 0 Å². The lowest BCUT2D eigenvalue weighted by atomic mass is 10.1. The molecule has 2 N–H and O–H groups in total. The summed E-state index contributed by atoms with van der Waals surface area (Å²) < 4.78 is 6.89. The summed E-state index contributed by atoms with van der Waals surface area (Å²) >= 11 is 3.49. The van der Waals surface area contributed by atoms with E-state index in [1.807, 2.05) is 24.3 Å². The summed E-state index contributed by atoms with van der Waals surface area (Å²) in [6, 6.07) is 10.1. The molecular weight excluding hydrogens is 342 g/mol. The van der Waals surface area contributed by atoms with Gasteiger partial charge in [-0.1, -0.05) is 22.0 Å². The maximum atomic E-state index is 9.17. The highest BCUT2D eigenvalue weighted by atomic mass is 79.9. The van der Waals surface area contributed by atoms with Gasteiger partial charge in [-0.25, -0.2) is 0 Å². The maximum absolute atomic E-state index is 9.17. The van der Waals surface area contributed by atoms with Crippen LogP contribution in [0.5, 0.6) is 0 Å². The van der Waals surface area contributed by atoms with Gasteiger partial charge in [0.15, 0.2) is 0 Å². The van der Waals surface area contributed by atoms with Crippen LogP contribution in [0.25, 0.3) is 11.3 Å². The summed E-state index contributed by atoms with van der Waals surface area (Å²) in [4.78, 5) is 0. The second kappa shape index (κ2) is 7.84. The van der Waals surface area contributed by atoms with Crippen molar-refractivity contribution in [3.63, 3.8) is 0 Å². The van der Waals surface area contributed by atoms with E-state index in [2.05, 4.69) is 34.2 Å². The minimum atomic E-state index is -0.344. The fraction of sp³-hybridized carbons (Fsp3) is 0.333. The molecule has 20 heavy (non-hydrogen) atoms. The molecule has 1 atom stereocenters. The fourth-order valence-corrected chi connectivity index (χ4v) is 2.08. The molecule has 0 aliphatic heterocycles. The molecule has 0 saturated carbocycles. The summed E-state index contributed by atoms with van der Waals surface area (Å²) in [6.07, 6.45) is -0.344. The van der Waals surface area contributed by atoms with Gasteiger partial charge in [0, 0.05) is 16.6 Å². The number of rotatable bonds is 5. The molecule has 0 amide bonds. The van der Waals surface area contributed by atoms with E-state index in [0.29, 0.717) is 13.1 Å². The Labute approximate surface area is 133 Å². The van der Waals surface area contributed by atoms with E-state index in [1.54, 1.807) is 6.92 Å². The van der Waals surface area contributed by atoms with Crippen molar-refractivity contribution in [1.29, 1.82) is 0 Å². The Bertz CT molecular complexity index is 555. The molecule has 0 fully saturated rings. The maximum Gasteiger partial charge on any atom is 0.134 e. The average molecular weight is 361 g/mol. The van der Waals surface area contributed by atoms with Crippen LogP contribution < -0.4 is 5.32 Å². The van der Waals surface area contributed by atoms with E-state index in [0.717, 1.165) is 21.6 Å². The topological polar surface area (TPSA) is 45.4 Å². The Balaban J connectivity index is 0.00000200. The van der Waals surface area contributed by atoms with Gasteiger partial charge in [-0.05, 0) is 43.7 Å². The summed E-state index contributed by atoms with van der Waals surface area (Å²) in [7, 11) is 0. The van der Waals surface area contributed by atoms with Gasteiger partial charge in [0.05, 0.1) is 12.6 Å². The van der Waals surface area contributed by atoms with Crippen molar-refractivity contribution in [2.24, 2.45) is 0 Å². The lowest BCUT2D eigenvalue weighted by Crippen LogP contribution is -2.23. The number of aliphatic hydroxyl groups excluding tert-OH is 1. The standard InChI is InChI=1S/C15H18BrNO2.ClH/c1-10-7-12(3-5-14(10)16)15-6-4-13(19-15)9-17-8-11(2)18;/h3-7,11,17-18H,8-9H2,1-2H3;1H. The molecule has 0 spiro atoms. The van der Waals surface area contributed by atoms with Crippen molar-refractivity contribution in [3.8, 4) is 11.3 Å². The number of halogens is 2. The van der Waals surface area contributed by atoms with Gasteiger partial charge >= 0.3 is 0 Å². The molecule has 3 nitrogen and oxygen atoms in total. The molecule has 0 bridgehead atoms. The van der Waals surface area contributed by atoms with Gasteiger partial charge in [-0.3, -0.25) is 0 Å². The zero-order chi connectivity index (χ0) is 13.8. The average Bonchev–Trinajstić information content (AvgIpc) is 2.81. The number of hydrogen-bond donors (Lipinski definition) is 2. The summed E-state index contributed by atoms with van der Waals surface area (Å²) in [5, 5.41) is 12.3. The van der Waals surface area contributed by atoms with E-state index in [4.69, 9.17) is 4.42 Å². The first kappa shape index (κ1) is 17.2. The van der Waals surface area contributed by atoms with Crippen molar-refractivity contribution in [2.45, 2.75) is 26.5 Å². The number of benzene rings is 1. The second-order valence-corrected chi connectivity index (χ2v) is 5.56. The molecule has 1 heterocycles. The van der Waals surface area contributed by atoms with E-state index in [1.165, 1.54) is 5.56 Å². The highest BCUT2D eigenvalue weighted by Gasteiger charge is 2.06. The van der Waals surface area contributed by atoms with E-state index in [9.17, 15) is 5.11 Å². The Morgan fingerprint density at radius 1 is 1.30 bits per heavy atom. The Morgan fingerprint density at radius 3 is 2.70 bits per heavy atom. The molecule has 0 radical (unpaired) electrons. The molecule has 1 aromatic carbocycles. The monoisotopic (exact) mass is 359 g/mol. The van der Waals surface area contributed by atoms with Crippen LogP contribution in [0.1, 0.15) is 18.2 Å².